The van der Waals surface area contributed by atoms with E-state index in [1.807, 2.05) is 131 Å². The van der Waals surface area contributed by atoms with Crippen molar-refractivity contribution in [3.63, 3.8) is 0 Å². The second kappa shape index (κ2) is 28.7. The van der Waals surface area contributed by atoms with Gasteiger partial charge in [-0.1, -0.05) is 261 Å². The first-order chi connectivity index (χ1) is 62.4. The molecule has 0 aliphatic heterocycles. The monoisotopic (exact) mass is 1660 g/mol. The largest absolute Gasteiger partial charge is 0.309 e. The van der Waals surface area contributed by atoms with Gasteiger partial charge in [0.2, 0.25) is 5.95 Å². The molecule has 0 saturated carbocycles. The van der Waals surface area contributed by atoms with Crippen LogP contribution in [0.3, 0.4) is 0 Å². The Morgan fingerprint density at radius 2 is 0.556 bits per heavy atom. The summed E-state index contributed by atoms with van der Waals surface area (Å²) >= 11 is 5.51. The second-order valence-electron chi connectivity index (χ2n) is 31.9. The average molecular weight is 1660 g/mol. The van der Waals surface area contributed by atoms with E-state index in [0.717, 1.165) is 117 Å². The van der Waals surface area contributed by atoms with Crippen LogP contribution in [0.4, 0.5) is 0 Å². The van der Waals surface area contributed by atoms with E-state index < -0.39 is 0 Å². The van der Waals surface area contributed by atoms with Crippen LogP contribution >= 0.6 is 34.0 Å². The highest BCUT2D eigenvalue weighted by atomic mass is 32.1. The Morgan fingerprint density at radius 1 is 0.167 bits per heavy atom. The molecule has 9 heterocycles. The fourth-order valence-corrected chi connectivity index (χ4v) is 22.4. The van der Waals surface area contributed by atoms with Crippen molar-refractivity contribution in [2.24, 2.45) is 0 Å². The van der Waals surface area contributed by atoms with Crippen molar-refractivity contribution in [3.05, 3.63) is 388 Å². The number of nitrogens with zero attached hydrogens (tertiary/aromatic N) is 12. The van der Waals surface area contributed by atoms with Gasteiger partial charge in [-0.25, -0.2) is 34.9 Å². The Bertz CT molecular complexity index is 8910. The van der Waals surface area contributed by atoms with Crippen molar-refractivity contribution in [2.45, 2.75) is 0 Å². The van der Waals surface area contributed by atoms with Gasteiger partial charge in [-0.3, -0.25) is 4.57 Å². The third-order valence-electron chi connectivity index (χ3n) is 24.6. The van der Waals surface area contributed by atoms with E-state index in [-0.39, 0.29) is 0 Å². The molecule has 0 bridgehead atoms. The van der Waals surface area contributed by atoms with Gasteiger partial charge in [0.05, 0.1) is 33.1 Å². The highest BCUT2D eigenvalue weighted by molar-refractivity contribution is 7.27. The van der Waals surface area contributed by atoms with E-state index in [9.17, 15) is 0 Å². The lowest BCUT2D eigenvalue weighted by Gasteiger charge is -2.12. The number of fused-ring (bicyclic) bond motifs is 20. The van der Waals surface area contributed by atoms with Crippen molar-refractivity contribution in [1.82, 2.24) is 58.6 Å². The molecule has 26 rings (SSSR count). The molecule has 0 aliphatic carbocycles. The van der Waals surface area contributed by atoms with Crippen molar-refractivity contribution in [3.8, 4) is 131 Å². The van der Waals surface area contributed by atoms with E-state index in [4.69, 9.17) is 44.9 Å². The summed E-state index contributed by atoms with van der Waals surface area (Å²) in [5.41, 5.74) is 20.3. The van der Waals surface area contributed by atoms with E-state index in [1.165, 1.54) is 87.4 Å². The number of aromatic nitrogens is 12. The number of benzene rings is 17. The average Bonchev–Trinajstić information content (AvgIpc) is 1.58. The van der Waals surface area contributed by atoms with Crippen molar-refractivity contribution >= 4 is 160 Å². The first-order valence-corrected chi connectivity index (χ1v) is 44.4. The summed E-state index contributed by atoms with van der Waals surface area (Å²) in [6.45, 7) is 0. The number of hydrogen-bond donors (Lipinski definition) is 0. The molecule has 15 heteroatoms. The van der Waals surface area contributed by atoms with Gasteiger partial charge in [0.25, 0.3) is 0 Å². The molecule has 0 radical (unpaired) electrons. The number of hydrogen-bond acceptors (Lipinski definition) is 12. The minimum Gasteiger partial charge on any atom is -0.309 e. The highest BCUT2D eigenvalue weighted by Gasteiger charge is 2.26. The molecule has 12 nitrogen and oxygen atoms in total. The predicted octanol–water partition coefficient (Wildman–Crippen LogP) is 29.3. The van der Waals surface area contributed by atoms with Gasteiger partial charge in [-0.2, -0.15) is 9.97 Å². The lowest BCUT2D eigenvalue weighted by molar-refractivity contribution is 0.953. The third kappa shape index (κ3) is 11.7. The molecule has 586 valence electrons. The van der Waals surface area contributed by atoms with Crippen LogP contribution in [0.5, 0.6) is 0 Å². The molecule has 0 unspecified atom stereocenters. The first-order valence-electron chi connectivity index (χ1n) is 42.0. The first kappa shape index (κ1) is 71.6. The maximum Gasteiger partial charge on any atom is 0.238 e. The highest BCUT2D eigenvalue weighted by Crippen LogP contribution is 2.49. The second-order valence-corrected chi connectivity index (χ2v) is 35.1. The van der Waals surface area contributed by atoms with Crippen LogP contribution in [-0.4, -0.2) is 58.6 Å². The molecule has 17 aromatic carbocycles. The summed E-state index contributed by atoms with van der Waals surface area (Å²) in [4.78, 5) is 47.0. The zero-order valence-corrected chi connectivity index (χ0v) is 69.5. The van der Waals surface area contributed by atoms with Gasteiger partial charge in [-0.15, -0.1) is 34.0 Å². The van der Waals surface area contributed by atoms with E-state index >= 15 is 0 Å². The molecular weight excluding hydrogens is 1600 g/mol. The summed E-state index contributed by atoms with van der Waals surface area (Å²) in [5.74, 6) is 5.41. The molecule has 26 aromatic rings. The quantitative estimate of drug-likeness (QED) is 0.111. The minimum absolute atomic E-state index is 0.565. The van der Waals surface area contributed by atoms with Gasteiger partial charge >= 0.3 is 0 Å². The van der Waals surface area contributed by atoms with Crippen LogP contribution in [0, 0.1) is 0 Å². The fourth-order valence-electron chi connectivity index (χ4n) is 18.8. The number of thiophene rings is 3. The Hall–Kier alpha value is -16.2. The lowest BCUT2D eigenvalue weighted by atomic mass is 9.97. The summed E-state index contributed by atoms with van der Waals surface area (Å²) < 4.78 is 14.4. The number of rotatable bonds is 13. The summed E-state index contributed by atoms with van der Waals surface area (Å²) in [6.07, 6.45) is 0. The molecule has 0 fully saturated rings. The Kier molecular flexibility index (Phi) is 16.3. The molecular formula is C111H64N12S3. The predicted molar refractivity (Wildman–Crippen MR) is 523 cm³/mol. The zero-order valence-electron chi connectivity index (χ0n) is 67.0. The molecule has 9 aromatic heterocycles. The number of para-hydroxylation sites is 3. The Balaban J connectivity index is 0.527. The van der Waals surface area contributed by atoms with Crippen LogP contribution in [0.25, 0.3) is 257 Å². The smallest absolute Gasteiger partial charge is 0.238 e. The topological polar surface area (TPSA) is 131 Å². The van der Waals surface area contributed by atoms with Crippen molar-refractivity contribution in [2.75, 3.05) is 0 Å². The fraction of sp³-hybridized carbons (Fsp3) is 0. The van der Waals surface area contributed by atoms with E-state index in [0.29, 0.717) is 52.5 Å². The van der Waals surface area contributed by atoms with Crippen molar-refractivity contribution < 1.29 is 0 Å². The Labute approximate surface area is 732 Å². The summed E-state index contributed by atoms with van der Waals surface area (Å²) in [5, 5.41) is 14.5. The van der Waals surface area contributed by atoms with E-state index in [1.54, 1.807) is 0 Å². The summed E-state index contributed by atoms with van der Waals surface area (Å²) in [6, 6.07) is 138. The molecule has 0 amide bonds. The van der Waals surface area contributed by atoms with Gasteiger partial charge in [0, 0.05) is 149 Å². The molecule has 0 N–H and O–H groups in total. The van der Waals surface area contributed by atoms with Crippen LogP contribution in [0.2, 0.25) is 0 Å². The van der Waals surface area contributed by atoms with Crippen LogP contribution in [0.1, 0.15) is 0 Å². The van der Waals surface area contributed by atoms with Gasteiger partial charge in [0.15, 0.2) is 46.6 Å². The van der Waals surface area contributed by atoms with Gasteiger partial charge in [0.1, 0.15) is 0 Å². The van der Waals surface area contributed by atoms with Crippen LogP contribution in [-0.2, 0) is 0 Å². The zero-order chi connectivity index (χ0) is 82.6. The van der Waals surface area contributed by atoms with E-state index in [2.05, 4.69) is 305 Å². The lowest BCUT2D eigenvalue weighted by Crippen LogP contribution is -2.06. The molecule has 126 heavy (non-hydrogen) atoms. The maximum atomic E-state index is 5.42. The van der Waals surface area contributed by atoms with Crippen LogP contribution in [0.15, 0.2) is 388 Å². The normalized spacial score (nSPS) is 12.0. The van der Waals surface area contributed by atoms with Crippen LogP contribution < -0.4 is 0 Å². The SMILES string of the molecule is c1ccc(-c2nc(-c3ccccc3)nc(-c3ccc(-n4c5ccccc5c5cc6c(cc54)sc4cccc(-c5cccc(-c7nc(-c8ccccc8)nc(-c8ccc(-n9c%10ccccc%10c%10c%11sc%12cc(-c%13cccc(-c%14nc(-c%15ccccc%15)nc(-n%15c%16ccccc%16c%16c%17c(ccc%16%15)sc%15ccccc%15%17)n%14)c%13)ccc%12c%11ccc%109)cc8)n7)c5)c46)cc3)n2)cc1. The minimum atomic E-state index is 0.565. The maximum absolute atomic E-state index is 5.42. The molecule has 0 saturated heterocycles. The van der Waals surface area contributed by atoms with Gasteiger partial charge < -0.3 is 9.13 Å². The summed E-state index contributed by atoms with van der Waals surface area (Å²) in [7, 11) is 0. The molecule has 0 spiro atoms. The third-order valence-corrected chi connectivity index (χ3v) is 28.1. The molecule has 0 aliphatic rings. The van der Waals surface area contributed by atoms with Gasteiger partial charge in [-0.05, 0) is 150 Å². The molecule has 0 atom stereocenters. The standard InChI is InChI=1S/C111H64N12S3/c1-5-24-65(25-6-1)103-112-104(66-26-7-2-8-27-66)114-106(113-103)69-48-53-77(54-49-69)122-87-41-17-13-36-79(87)85-63-86-97(64-92(85)122)125-94-45-23-40-78(98(86)94)73-33-22-35-75(61-73)109-116-105(67-28-9-3-10-29-67)115-107(117-109)70-46-51-76(52-47-70)121-88-42-18-15-38-83(88)100-91(121)57-56-81-80-55-50-72(62-96(80)126-102(81)100)71-32-21-34-74(60-71)110-118-108(68-30-11-4-12-31-68)119-111(120-110)123-89-43-19-14-37-82(89)99-90(123)58-59-95-101(99)84-39-16-20-44-93(84)124-95/h1-64H. The van der Waals surface area contributed by atoms with Crippen molar-refractivity contribution in [1.29, 1.82) is 0 Å². The Morgan fingerprint density at radius 3 is 1.16 bits per heavy atom.